The fraction of sp³-hybridized carbons (Fsp3) is 0.769. The minimum atomic E-state index is -0.254. The van der Waals surface area contributed by atoms with Gasteiger partial charge < -0.3 is 18.9 Å². The molecular formula is C26H48O8. The molecule has 0 bridgehead atoms. The molecule has 8 heteroatoms. The van der Waals surface area contributed by atoms with Crippen LogP contribution < -0.4 is 0 Å². The molecule has 0 atom stereocenters. The molecule has 0 aromatic heterocycles. The molecule has 0 spiro atoms. The highest BCUT2D eigenvalue weighted by Crippen LogP contribution is 2.02. The first-order valence-corrected chi connectivity index (χ1v) is 12.3. The normalized spacial score (nSPS) is 9.50. The molecule has 0 aliphatic carbocycles. The second-order valence-corrected chi connectivity index (χ2v) is 7.91. The van der Waals surface area contributed by atoms with Crippen molar-refractivity contribution in [2.24, 2.45) is 5.92 Å². The van der Waals surface area contributed by atoms with E-state index in [9.17, 15) is 19.2 Å². The van der Waals surface area contributed by atoms with Gasteiger partial charge in [0.05, 0.1) is 19.8 Å². The van der Waals surface area contributed by atoms with Gasteiger partial charge in [0, 0.05) is 26.7 Å². The molecule has 0 saturated carbocycles. The highest BCUT2D eigenvalue weighted by molar-refractivity contribution is 5.69. The summed E-state index contributed by atoms with van der Waals surface area (Å²) in [6.07, 6.45) is 9.18. The first-order valence-electron chi connectivity index (χ1n) is 12.3. The molecule has 0 radical (unpaired) electrons. The van der Waals surface area contributed by atoms with Crippen LogP contribution >= 0.6 is 0 Å². The molecule has 8 nitrogen and oxygen atoms in total. The first-order chi connectivity index (χ1) is 16.1. The molecule has 0 N–H and O–H groups in total. The summed E-state index contributed by atoms with van der Waals surface area (Å²) in [6.45, 7) is 16.1. The van der Waals surface area contributed by atoms with Gasteiger partial charge in [-0.15, -0.1) is 0 Å². The summed E-state index contributed by atoms with van der Waals surface area (Å²) in [5, 5.41) is 0. The fourth-order valence-corrected chi connectivity index (χ4v) is 2.18. The Labute approximate surface area is 206 Å². The van der Waals surface area contributed by atoms with Crippen molar-refractivity contribution in [3.63, 3.8) is 0 Å². The van der Waals surface area contributed by atoms with Gasteiger partial charge in [0.25, 0.3) is 0 Å². The fourth-order valence-electron chi connectivity index (χ4n) is 2.18. The summed E-state index contributed by atoms with van der Waals surface area (Å²) in [5.74, 6) is -0.0891. The lowest BCUT2D eigenvalue weighted by Gasteiger charge is -2.02. The highest BCUT2D eigenvalue weighted by atomic mass is 16.5. The topological polar surface area (TPSA) is 105 Å². The molecule has 0 saturated heterocycles. The van der Waals surface area contributed by atoms with Crippen molar-refractivity contribution < 1.29 is 38.1 Å². The standard InChI is InChI=1S/C10H18O4.C9H16O2.C7H14O2/c1-3-13-10(12)7-5-4-6-8-14-9(2)11;1-3-5-6-7-9(10)11-8-4-2;1-6(2)4-5-9-7(3)8/h3-8H2,1-2H3;4H,2-3,5-8H2,1H3;6H,4-5H2,1-3H3. The second-order valence-electron chi connectivity index (χ2n) is 7.91. The maximum atomic E-state index is 10.9. The molecule has 0 aliphatic heterocycles. The van der Waals surface area contributed by atoms with Crippen LogP contribution in [0.1, 0.15) is 99.3 Å². The average molecular weight is 489 g/mol. The predicted octanol–water partition coefficient (Wildman–Crippen LogP) is 5.56. The Morgan fingerprint density at radius 3 is 1.74 bits per heavy atom. The van der Waals surface area contributed by atoms with E-state index in [1.807, 2.05) is 0 Å². The van der Waals surface area contributed by atoms with Gasteiger partial charge in [0.15, 0.2) is 0 Å². The van der Waals surface area contributed by atoms with E-state index in [-0.39, 0.29) is 23.9 Å². The predicted molar refractivity (Wildman–Crippen MR) is 133 cm³/mol. The van der Waals surface area contributed by atoms with Crippen LogP contribution in [-0.2, 0) is 38.1 Å². The van der Waals surface area contributed by atoms with Crippen molar-refractivity contribution in [2.75, 3.05) is 26.4 Å². The number of hydrogen-bond acceptors (Lipinski definition) is 8. The Morgan fingerprint density at radius 2 is 1.26 bits per heavy atom. The van der Waals surface area contributed by atoms with E-state index in [2.05, 4.69) is 27.4 Å². The summed E-state index contributed by atoms with van der Waals surface area (Å²) in [5.41, 5.74) is 0. The monoisotopic (exact) mass is 488 g/mol. The van der Waals surface area contributed by atoms with Gasteiger partial charge in [-0.2, -0.15) is 0 Å². The van der Waals surface area contributed by atoms with Crippen molar-refractivity contribution in [1.82, 2.24) is 0 Å². The summed E-state index contributed by atoms with van der Waals surface area (Å²) >= 11 is 0. The van der Waals surface area contributed by atoms with Gasteiger partial charge in [0.2, 0.25) is 0 Å². The third-order valence-electron chi connectivity index (χ3n) is 3.98. The SMILES string of the molecule is C=CCOC(=O)CCCCC.CC(=O)OCCC(C)C.CCOC(=O)CCCCCOC(C)=O. The van der Waals surface area contributed by atoms with Crippen LogP contribution in [0.2, 0.25) is 0 Å². The van der Waals surface area contributed by atoms with E-state index in [0.717, 1.165) is 44.9 Å². The zero-order valence-electron chi connectivity index (χ0n) is 22.3. The molecule has 0 aromatic carbocycles. The number of hydrogen-bond donors (Lipinski definition) is 0. The number of unbranched alkanes of at least 4 members (excludes halogenated alkanes) is 4. The van der Waals surface area contributed by atoms with E-state index in [0.29, 0.717) is 45.2 Å². The molecule has 0 unspecified atom stereocenters. The molecule has 0 fully saturated rings. The molecule has 200 valence electrons. The van der Waals surface area contributed by atoms with E-state index < -0.39 is 0 Å². The van der Waals surface area contributed by atoms with Crippen molar-refractivity contribution in [3.8, 4) is 0 Å². The molecule has 0 aromatic rings. The molecule has 34 heavy (non-hydrogen) atoms. The summed E-state index contributed by atoms with van der Waals surface area (Å²) in [6, 6.07) is 0. The van der Waals surface area contributed by atoms with E-state index in [1.54, 1.807) is 13.0 Å². The maximum Gasteiger partial charge on any atom is 0.306 e. The quantitative estimate of drug-likeness (QED) is 0.120. The number of esters is 4. The van der Waals surface area contributed by atoms with E-state index >= 15 is 0 Å². The Balaban J connectivity index is -0.000000435. The van der Waals surface area contributed by atoms with Crippen LogP contribution in [0.4, 0.5) is 0 Å². The highest BCUT2D eigenvalue weighted by Gasteiger charge is 2.01. The summed E-state index contributed by atoms with van der Waals surface area (Å²) in [7, 11) is 0. The van der Waals surface area contributed by atoms with Gasteiger partial charge in [0.1, 0.15) is 6.61 Å². The lowest BCUT2D eigenvalue weighted by atomic mass is 10.1. The largest absolute Gasteiger partial charge is 0.466 e. The van der Waals surface area contributed by atoms with Crippen LogP contribution in [0, 0.1) is 5.92 Å². The third-order valence-corrected chi connectivity index (χ3v) is 3.98. The van der Waals surface area contributed by atoms with Crippen molar-refractivity contribution >= 4 is 23.9 Å². The minimum absolute atomic E-state index is 0.113. The third kappa shape index (κ3) is 40.0. The summed E-state index contributed by atoms with van der Waals surface area (Å²) < 4.78 is 19.0. The lowest BCUT2D eigenvalue weighted by Crippen LogP contribution is -2.04. The second kappa shape index (κ2) is 28.7. The lowest BCUT2D eigenvalue weighted by molar-refractivity contribution is -0.144. The average Bonchev–Trinajstić information content (AvgIpc) is 2.75. The molecular weight excluding hydrogens is 440 g/mol. The van der Waals surface area contributed by atoms with Crippen LogP contribution in [0.25, 0.3) is 0 Å². The number of carbonyl (C=O) groups is 4. The van der Waals surface area contributed by atoms with Crippen LogP contribution in [0.5, 0.6) is 0 Å². The Morgan fingerprint density at radius 1 is 0.735 bits per heavy atom. The number of rotatable bonds is 16. The first kappa shape index (κ1) is 36.2. The smallest absolute Gasteiger partial charge is 0.306 e. The van der Waals surface area contributed by atoms with Gasteiger partial charge in [-0.05, 0) is 44.9 Å². The van der Waals surface area contributed by atoms with Crippen molar-refractivity contribution in [1.29, 1.82) is 0 Å². The maximum absolute atomic E-state index is 10.9. The Kier molecular flexibility index (Phi) is 30.5. The van der Waals surface area contributed by atoms with Crippen molar-refractivity contribution in [2.45, 2.75) is 99.3 Å². The van der Waals surface area contributed by atoms with Crippen LogP contribution in [-0.4, -0.2) is 50.3 Å². The van der Waals surface area contributed by atoms with E-state index in [1.165, 1.54) is 13.8 Å². The van der Waals surface area contributed by atoms with Gasteiger partial charge in [-0.1, -0.05) is 46.3 Å². The Bertz CT molecular complexity index is 529. The van der Waals surface area contributed by atoms with Crippen molar-refractivity contribution in [3.05, 3.63) is 12.7 Å². The van der Waals surface area contributed by atoms with Gasteiger partial charge in [-0.25, -0.2) is 0 Å². The Hall–Kier alpha value is -2.38. The molecule has 0 amide bonds. The number of carbonyl (C=O) groups excluding carboxylic acids is 4. The zero-order valence-corrected chi connectivity index (χ0v) is 22.3. The molecule has 0 heterocycles. The van der Waals surface area contributed by atoms with Crippen LogP contribution in [0.15, 0.2) is 12.7 Å². The summed E-state index contributed by atoms with van der Waals surface area (Å²) in [4.78, 5) is 42.3. The van der Waals surface area contributed by atoms with Gasteiger partial charge in [-0.3, -0.25) is 19.2 Å². The minimum Gasteiger partial charge on any atom is -0.466 e. The zero-order chi connectivity index (χ0) is 26.6. The van der Waals surface area contributed by atoms with Gasteiger partial charge >= 0.3 is 23.9 Å². The molecule has 0 aliphatic rings. The van der Waals surface area contributed by atoms with Crippen LogP contribution in [0.3, 0.4) is 0 Å². The molecule has 0 rings (SSSR count). The number of ether oxygens (including phenoxy) is 4. The van der Waals surface area contributed by atoms with E-state index in [4.69, 9.17) is 18.9 Å².